The van der Waals surface area contributed by atoms with Crippen molar-refractivity contribution < 1.29 is 14.2 Å². The molecule has 5 rings (SSSR count). The minimum Gasteiger partial charge on any atom is -0.380 e. The molecule has 0 aliphatic heterocycles. The number of methoxy groups -OCH3 is 1. The SMILES string of the molecule is COCc1cccc2c1nc(-c1nn(COCC[Si](C)(C)C)c3ncc(-c4cnccc4C)cc13)n2COCC[Si](C)(C)C. The van der Waals surface area contributed by atoms with Crippen molar-refractivity contribution in [1.29, 1.82) is 0 Å². The summed E-state index contributed by atoms with van der Waals surface area (Å²) in [5, 5.41) is 6.02. The molecule has 0 aliphatic rings. The number of hydrogen-bond donors (Lipinski definition) is 0. The van der Waals surface area contributed by atoms with E-state index in [1.807, 2.05) is 29.3 Å². The van der Waals surface area contributed by atoms with Crippen molar-refractivity contribution >= 4 is 38.2 Å². The summed E-state index contributed by atoms with van der Waals surface area (Å²) in [4.78, 5) is 14.5. The van der Waals surface area contributed by atoms with E-state index < -0.39 is 16.1 Å². The fraction of sp³-hybridized carbons (Fsp3) is 0.455. The zero-order valence-corrected chi connectivity index (χ0v) is 29.5. The molecule has 9 nitrogen and oxygen atoms in total. The predicted molar refractivity (Wildman–Crippen MR) is 183 cm³/mol. The molecule has 0 amide bonds. The van der Waals surface area contributed by atoms with Gasteiger partial charge in [-0.05, 0) is 42.8 Å². The van der Waals surface area contributed by atoms with Crippen LogP contribution in [-0.2, 0) is 34.3 Å². The number of nitrogens with zero attached hydrogens (tertiary/aromatic N) is 6. The van der Waals surface area contributed by atoms with Gasteiger partial charge in [-0.25, -0.2) is 14.6 Å². The average Bonchev–Trinajstić information content (AvgIpc) is 3.51. The Morgan fingerprint density at radius 2 is 1.61 bits per heavy atom. The smallest absolute Gasteiger partial charge is 0.164 e. The number of imidazole rings is 1. The van der Waals surface area contributed by atoms with Crippen LogP contribution >= 0.6 is 0 Å². The number of rotatable bonds is 14. The van der Waals surface area contributed by atoms with Crippen LogP contribution in [0.3, 0.4) is 0 Å². The van der Waals surface area contributed by atoms with Crippen LogP contribution in [0.2, 0.25) is 51.4 Å². The molecule has 234 valence electrons. The Balaban J connectivity index is 1.64. The first kappa shape index (κ1) is 32.2. The molecule has 0 aliphatic carbocycles. The fourth-order valence-corrected chi connectivity index (χ4v) is 6.59. The van der Waals surface area contributed by atoms with Crippen LogP contribution in [0.25, 0.3) is 44.7 Å². The highest BCUT2D eigenvalue weighted by molar-refractivity contribution is 6.76. The second kappa shape index (κ2) is 13.4. The summed E-state index contributed by atoms with van der Waals surface area (Å²) in [5.74, 6) is 0.740. The van der Waals surface area contributed by atoms with Gasteiger partial charge in [-0.15, -0.1) is 0 Å². The molecule has 0 spiro atoms. The number of para-hydroxylation sites is 1. The van der Waals surface area contributed by atoms with Gasteiger partial charge in [0.2, 0.25) is 0 Å². The van der Waals surface area contributed by atoms with Crippen molar-refractivity contribution in [2.45, 2.75) is 78.4 Å². The maximum atomic E-state index is 6.31. The van der Waals surface area contributed by atoms with Crippen molar-refractivity contribution in [3.05, 3.63) is 60.0 Å². The monoisotopic (exact) mass is 630 g/mol. The van der Waals surface area contributed by atoms with Crippen LogP contribution in [0.15, 0.2) is 48.9 Å². The molecule has 4 heterocycles. The first-order valence-corrected chi connectivity index (χ1v) is 22.8. The minimum atomic E-state index is -1.24. The van der Waals surface area contributed by atoms with Crippen molar-refractivity contribution in [1.82, 2.24) is 29.3 Å². The van der Waals surface area contributed by atoms with E-state index in [1.54, 1.807) is 7.11 Å². The van der Waals surface area contributed by atoms with Gasteiger partial charge in [0.25, 0.3) is 0 Å². The third kappa shape index (κ3) is 7.52. The van der Waals surface area contributed by atoms with Gasteiger partial charge in [-0.3, -0.25) is 9.55 Å². The van der Waals surface area contributed by atoms with Crippen LogP contribution in [0.4, 0.5) is 0 Å². The van der Waals surface area contributed by atoms with Crippen LogP contribution in [0.5, 0.6) is 0 Å². The summed E-state index contributed by atoms with van der Waals surface area (Å²) in [6, 6.07) is 12.6. The summed E-state index contributed by atoms with van der Waals surface area (Å²) in [7, 11) is -0.757. The van der Waals surface area contributed by atoms with E-state index in [9.17, 15) is 0 Å². The largest absolute Gasteiger partial charge is 0.380 e. The molecule has 0 atom stereocenters. The van der Waals surface area contributed by atoms with Crippen molar-refractivity contribution in [3.63, 3.8) is 0 Å². The third-order valence-electron chi connectivity index (χ3n) is 7.74. The average molecular weight is 631 g/mol. The van der Waals surface area contributed by atoms with E-state index in [0.29, 0.717) is 33.3 Å². The first-order chi connectivity index (χ1) is 20.9. The first-order valence-electron chi connectivity index (χ1n) is 15.4. The van der Waals surface area contributed by atoms with Gasteiger partial charge >= 0.3 is 0 Å². The summed E-state index contributed by atoms with van der Waals surface area (Å²) < 4.78 is 22.0. The Hall–Kier alpha value is -3.23. The molecule has 0 N–H and O–H groups in total. The molecular formula is C33H46N6O3Si2. The lowest BCUT2D eigenvalue weighted by Crippen LogP contribution is -2.22. The molecule has 0 saturated carbocycles. The second-order valence-electron chi connectivity index (χ2n) is 13.9. The zero-order chi connectivity index (χ0) is 31.5. The Bertz CT molecular complexity index is 1740. The van der Waals surface area contributed by atoms with E-state index >= 15 is 0 Å². The van der Waals surface area contributed by atoms with Crippen LogP contribution in [-0.4, -0.2) is 65.8 Å². The molecule has 44 heavy (non-hydrogen) atoms. The van der Waals surface area contributed by atoms with E-state index in [-0.39, 0.29) is 0 Å². The molecular weight excluding hydrogens is 585 g/mol. The van der Waals surface area contributed by atoms with Gasteiger partial charge < -0.3 is 14.2 Å². The number of aromatic nitrogens is 6. The standard InChI is InChI=1S/C33H46N6O3Si2/c1-24-12-13-34-20-28(24)26-18-27-31(37-39(32(27)35-19-26)23-42-15-17-44(6,7)8)33-36-30-25(21-40-2)10-9-11-29(30)38(33)22-41-14-16-43(3,4)5/h9-13,18-20H,14-17,21-23H2,1-8H3. The van der Waals surface area contributed by atoms with Crippen LogP contribution in [0.1, 0.15) is 11.1 Å². The highest BCUT2D eigenvalue weighted by Crippen LogP contribution is 2.34. The lowest BCUT2D eigenvalue weighted by Gasteiger charge is -2.16. The van der Waals surface area contributed by atoms with Gasteiger partial charge in [0.1, 0.15) is 19.2 Å². The van der Waals surface area contributed by atoms with Gasteiger partial charge in [-0.1, -0.05) is 51.4 Å². The third-order valence-corrected chi connectivity index (χ3v) is 11.1. The zero-order valence-electron chi connectivity index (χ0n) is 27.5. The number of ether oxygens (including phenoxy) is 3. The summed E-state index contributed by atoms with van der Waals surface area (Å²) in [6.07, 6.45) is 5.60. The van der Waals surface area contributed by atoms with Crippen LogP contribution < -0.4 is 0 Å². The Labute approximate surface area is 262 Å². The van der Waals surface area contributed by atoms with E-state index in [1.165, 1.54) is 0 Å². The molecule has 4 aromatic heterocycles. The number of benzene rings is 1. The highest BCUT2D eigenvalue weighted by Gasteiger charge is 2.23. The van der Waals surface area contributed by atoms with E-state index in [0.717, 1.165) is 67.9 Å². The van der Waals surface area contributed by atoms with Gasteiger partial charge in [0, 0.05) is 71.8 Å². The predicted octanol–water partition coefficient (Wildman–Crippen LogP) is 7.59. The van der Waals surface area contributed by atoms with Gasteiger partial charge in [0.05, 0.1) is 23.0 Å². The van der Waals surface area contributed by atoms with Crippen LogP contribution in [0, 0.1) is 6.92 Å². The number of pyridine rings is 2. The molecule has 0 radical (unpaired) electrons. The Morgan fingerprint density at radius 1 is 0.886 bits per heavy atom. The Morgan fingerprint density at radius 3 is 2.30 bits per heavy atom. The molecule has 1 aromatic carbocycles. The van der Waals surface area contributed by atoms with E-state index in [2.05, 4.69) is 80.0 Å². The lowest BCUT2D eigenvalue weighted by molar-refractivity contribution is 0.0812. The fourth-order valence-electron chi connectivity index (χ4n) is 5.08. The quantitative estimate of drug-likeness (QED) is 0.0923. The summed E-state index contributed by atoms with van der Waals surface area (Å²) >= 11 is 0. The molecule has 0 unspecified atom stereocenters. The minimum absolute atomic E-state index is 0.321. The molecule has 0 bridgehead atoms. The lowest BCUT2D eigenvalue weighted by atomic mass is 10.0. The number of fused-ring (bicyclic) bond motifs is 2. The van der Waals surface area contributed by atoms with Crippen molar-refractivity contribution in [2.24, 2.45) is 0 Å². The second-order valence-corrected chi connectivity index (χ2v) is 25.2. The highest BCUT2D eigenvalue weighted by atomic mass is 28.3. The normalized spacial score (nSPS) is 12.5. The van der Waals surface area contributed by atoms with Gasteiger partial charge in [0.15, 0.2) is 11.5 Å². The maximum Gasteiger partial charge on any atom is 0.164 e. The topological polar surface area (TPSA) is 89.1 Å². The van der Waals surface area contributed by atoms with Crippen molar-refractivity contribution in [3.8, 4) is 22.6 Å². The Kier molecular flexibility index (Phi) is 9.81. The maximum absolute atomic E-state index is 6.31. The van der Waals surface area contributed by atoms with E-state index in [4.69, 9.17) is 29.3 Å². The number of hydrogen-bond acceptors (Lipinski definition) is 7. The summed E-state index contributed by atoms with van der Waals surface area (Å²) in [6.45, 7) is 18.8. The molecule has 5 aromatic rings. The van der Waals surface area contributed by atoms with Gasteiger partial charge in [-0.2, -0.15) is 5.10 Å². The molecule has 11 heteroatoms. The number of aryl methyl sites for hydroxylation is 1. The molecule has 0 fully saturated rings. The molecule has 0 saturated heterocycles. The summed E-state index contributed by atoms with van der Waals surface area (Å²) in [5.41, 5.74) is 7.57. The van der Waals surface area contributed by atoms with Crippen molar-refractivity contribution in [2.75, 3.05) is 20.3 Å².